The molecule has 0 saturated carbocycles. The van der Waals surface area contributed by atoms with Crippen LogP contribution in [0.1, 0.15) is 0 Å². The van der Waals surface area contributed by atoms with Crippen molar-refractivity contribution in [3.8, 4) is 11.1 Å². The SMILES string of the molecule is Brc1ccc(N(c2ccc(Br)cc2)c2ccc(-c3ccncc3)cc2)cc1. The van der Waals surface area contributed by atoms with Crippen molar-refractivity contribution in [2.45, 2.75) is 0 Å². The lowest BCUT2D eigenvalue weighted by Crippen LogP contribution is -2.09. The summed E-state index contributed by atoms with van der Waals surface area (Å²) >= 11 is 7.04. The van der Waals surface area contributed by atoms with Crippen LogP contribution in [0.5, 0.6) is 0 Å². The third-order valence-electron chi connectivity index (χ3n) is 4.31. The Morgan fingerprint density at radius 1 is 0.481 bits per heavy atom. The van der Waals surface area contributed by atoms with Crippen LogP contribution in [0.4, 0.5) is 17.1 Å². The molecule has 3 aromatic carbocycles. The molecule has 0 fully saturated rings. The van der Waals surface area contributed by atoms with Gasteiger partial charge in [0, 0.05) is 38.4 Å². The fourth-order valence-electron chi connectivity index (χ4n) is 2.97. The minimum Gasteiger partial charge on any atom is -0.311 e. The van der Waals surface area contributed by atoms with Crippen molar-refractivity contribution in [1.29, 1.82) is 0 Å². The molecule has 0 radical (unpaired) electrons. The van der Waals surface area contributed by atoms with Crippen LogP contribution in [0.3, 0.4) is 0 Å². The maximum absolute atomic E-state index is 4.09. The highest BCUT2D eigenvalue weighted by molar-refractivity contribution is 9.10. The van der Waals surface area contributed by atoms with E-state index >= 15 is 0 Å². The summed E-state index contributed by atoms with van der Waals surface area (Å²) in [7, 11) is 0. The van der Waals surface area contributed by atoms with Gasteiger partial charge in [0.15, 0.2) is 0 Å². The van der Waals surface area contributed by atoms with Crippen molar-refractivity contribution < 1.29 is 0 Å². The van der Waals surface area contributed by atoms with Gasteiger partial charge in [0.25, 0.3) is 0 Å². The van der Waals surface area contributed by atoms with Crippen LogP contribution < -0.4 is 4.90 Å². The maximum Gasteiger partial charge on any atom is 0.0462 e. The second-order valence-electron chi connectivity index (χ2n) is 6.07. The zero-order valence-corrected chi connectivity index (χ0v) is 17.6. The van der Waals surface area contributed by atoms with Crippen LogP contribution in [-0.4, -0.2) is 4.98 Å². The average molecular weight is 480 g/mol. The molecule has 0 aliphatic rings. The fourth-order valence-corrected chi connectivity index (χ4v) is 3.50. The van der Waals surface area contributed by atoms with E-state index < -0.39 is 0 Å². The van der Waals surface area contributed by atoms with Crippen molar-refractivity contribution in [3.05, 3.63) is 106 Å². The number of hydrogen-bond donors (Lipinski definition) is 0. The molecule has 0 bridgehead atoms. The Balaban J connectivity index is 1.76. The van der Waals surface area contributed by atoms with Gasteiger partial charge in [0.1, 0.15) is 0 Å². The van der Waals surface area contributed by atoms with E-state index in [2.05, 4.69) is 115 Å². The van der Waals surface area contributed by atoms with Crippen LogP contribution >= 0.6 is 31.9 Å². The van der Waals surface area contributed by atoms with E-state index in [0.29, 0.717) is 0 Å². The van der Waals surface area contributed by atoms with Crippen molar-refractivity contribution in [2.75, 3.05) is 4.90 Å². The van der Waals surface area contributed by atoms with Crippen molar-refractivity contribution in [3.63, 3.8) is 0 Å². The van der Waals surface area contributed by atoms with E-state index in [1.165, 1.54) is 5.56 Å². The minimum atomic E-state index is 1.06. The highest BCUT2D eigenvalue weighted by Gasteiger charge is 2.12. The number of nitrogens with zero attached hydrogens (tertiary/aromatic N) is 2. The van der Waals surface area contributed by atoms with E-state index in [1.807, 2.05) is 24.5 Å². The van der Waals surface area contributed by atoms with E-state index in [4.69, 9.17) is 0 Å². The second kappa shape index (κ2) is 8.07. The molecule has 0 saturated heterocycles. The van der Waals surface area contributed by atoms with Gasteiger partial charge < -0.3 is 4.90 Å². The lowest BCUT2D eigenvalue weighted by atomic mass is 10.1. The molecule has 0 amide bonds. The number of rotatable bonds is 4. The topological polar surface area (TPSA) is 16.1 Å². The predicted molar refractivity (Wildman–Crippen MR) is 120 cm³/mol. The van der Waals surface area contributed by atoms with Gasteiger partial charge in [-0.1, -0.05) is 44.0 Å². The number of hydrogen-bond acceptors (Lipinski definition) is 2. The summed E-state index contributed by atoms with van der Waals surface area (Å²) in [5, 5.41) is 0. The standard InChI is InChI=1S/C23H16Br2N2/c24-19-3-9-22(10-4-19)27(23-11-5-20(25)6-12-23)21-7-1-17(2-8-21)18-13-15-26-16-14-18/h1-16H. The molecule has 0 unspecified atom stereocenters. The van der Waals surface area contributed by atoms with Gasteiger partial charge in [-0.15, -0.1) is 0 Å². The first-order valence-electron chi connectivity index (χ1n) is 8.52. The quantitative estimate of drug-likeness (QED) is 0.297. The molecule has 132 valence electrons. The molecular formula is C23H16Br2N2. The summed E-state index contributed by atoms with van der Waals surface area (Å²) in [6.45, 7) is 0. The Morgan fingerprint density at radius 2 is 0.852 bits per heavy atom. The summed E-state index contributed by atoms with van der Waals surface area (Å²) in [6, 6.07) is 29.4. The molecule has 0 aliphatic carbocycles. The fraction of sp³-hybridized carbons (Fsp3) is 0. The molecule has 0 N–H and O–H groups in total. The molecule has 4 heteroatoms. The van der Waals surface area contributed by atoms with Gasteiger partial charge in [-0.3, -0.25) is 4.98 Å². The van der Waals surface area contributed by atoms with Gasteiger partial charge in [-0.25, -0.2) is 0 Å². The highest BCUT2D eigenvalue weighted by atomic mass is 79.9. The number of benzene rings is 3. The first kappa shape index (κ1) is 18.0. The monoisotopic (exact) mass is 478 g/mol. The maximum atomic E-state index is 4.09. The average Bonchev–Trinajstić information content (AvgIpc) is 2.72. The van der Waals surface area contributed by atoms with Crippen LogP contribution in [0.15, 0.2) is 106 Å². The van der Waals surface area contributed by atoms with Crippen LogP contribution in [-0.2, 0) is 0 Å². The second-order valence-corrected chi connectivity index (χ2v) is 7.90. The Hall–Kier alpha value is -2.43. The smallest absolute Gasteiger partial charge is 0.0462 e. The van der Waals surface area contributed by atoms with Gasteiger partial charge >= 0.3 is 0 Å². The number of anilines is 3. The van der Waals surface area contributed by atoms with Crippen LogP contribution in [0.25, 0.3) is 11.1 Å². The first-order chi connectivity index (χ1) is 13.2. The minimum absolute atomic E-state index is 1.06. The summed E-state index contributed by atoms with van der Waals surface area (Å²) < 4.78 is 2.13. The van der Waals surface area contributed by atoms with Gasteiger partial charge in [-0.05, 0) is 83.9 Å². The third-order valence-corrected chi connectivity index (χ3v) is 5.37. The summed E-state index contributed by atoms with van der Waals surface area (Å²) in [5.41, 5.74) is 5.66. The molecule has 4 rings (SSSR count). The van der Waals surface area contributed by atoms with Gasteiger partial charge in [-0.2, -0.15) is 0 Å². The molecule has 4 aromatic rings. The zero-order chi connectivity index (χ0) is 18.6. The largest absolute Gasteiger partial charge is 0.311 e. The normalized spacial score (nSPS) is 10.6. The Kier molecular flexibility index (Phi) is 5.37. The molecule has 0 spiro atoms. The van der Waals surface area contributed by atoms with Crippen molar-refractivity contribution in [1.82, 2.24) is 4.98 Å². The third kappa shape index (κ3) is 4.12. The first-order valence-corrected chi connectivity index (χ1v) is 10.1. The lowest BCUT2D eigenvalue weighted by molar-refractivity contribution is 1.28. The molecule has 27 heavy (non-hydrogen) atoms. The van der Waals surface area contributed by atoms with E-state index in [9.17, 15) is 0 Å². The lowest BCUT2D eigenvalue weighted by Gasteiger charge is -2.25. The zero-order valence-electron chi connectivity index (χ0n) is 14.4. The van der Waals surface area contributed by atoms with E-state index in [0.717, 1.165) is 31.6 Å². The van der Waals surface area contributed by atoms with Crippen molar-refractivity contribution >= 4 is 48.9 Å². The molecule has 1 aromatic heterocycles. The Bertz CT molecular complexity index is 967. The Labute approximate surface area is 175 Å². The highest BCUT2D eigenvalue weighted by Crippen LogP contribution is 2.36. The Morgan fingerprint density at radius 3 is 1.30 bits per heavy atom. The molecule has 0 aliphatic heterocycles. The van der Waals surface area contributed by atoms with Crippen LogP contribution in [0.2, 0.25) is 0 Å². The van der Waals surface area contributed by atoms with E-state index in [-0.39, 0.29) is 0 Å². The summed E-state index contributed by atoms with van der Waals surface area (Å²) in [4.78, 5) is 6.34. The molecule has 1 heterocycles. The molecule has 2 nitrogen and oxygen atoms in total. The number of aromatic nitrogens is 1. The van der Waals surface area contributed by atoms with Gasteiger partial charge in [0.05, 0.1) is 0 Å². The van der Waals surface area contributed by atoms with Gasteiger partial charge in [0.2, 0.25) is 0 Å². The summed E-state index contributed by atoms with van der Waals surface area (Å²) in [5.74, 6) is 0. The summed E-state index contributed by atoms with van der Waals surface area (Å²) in [6.07, 6.45) is 3.64. The predicted octanol–water partition coefficient (Wildman–Crippen LogP) is 7.74. The molecule has 0 atom stereocenters. The van der Waals surface area contributed by atoms with Crippen LogP contribution in [0, 0.1) is 0 Å². The molecular weight excluding hydrogens is 464 g/mol. The van der Waals surface area contributed by atoms with E-state index in [1.54, 1.807) is 0 Å². The number of halogens is 2. The number of pyridine rings is 1. The van der Waals surface area contributed by atoms with Crippen molar-refractivity contribution in [2.24, 2.45) is 0 Å².